The largest absolute Gasteiger partial charge is 0.467 e. The van der Waals surface area contributed by atoms with E-state index < -0.39 is 0 Å². The van der Waals surface area contributed by atoms with Gasteiger partial charge in [0.25, 0.3) is 5.91 Å². The Labute approximate surface area is 156 Å². The molecule has 1 unspecified atom stereocenters. The number of hydrogen-bond donors (Lipinski definition) is 1. The lowest BCUT2D eigenvalue weighted by Gasteiger charge is -2.24. The first-order valence-corrected chi connectivity index (χ1v) is 8.68. The highest BCUT2D eigenvalue weighted by atomic mass is 35.5. The van der Waals surface area contributed by atoms with E-state index in [1.165, 1.54) is 0 Å². The monoisotopic (exact) mass is 364 g/mol. The Morgan fingerprint density at radius 3 is 2.46 bits per heavy atom. The molecule has 0 aliphatic carbocycles. The standard InChI is InChI=1S/C21H17ClN2O2/c1-14-4-6-16(7-5-14)21(25)24-19(20-3-2-12-26-20)13-18(23-24)15-8-10-17(22)11-9-15/h2-13,19,23H,1H3. The third-order valence-electron chi connectivity index (χ3n) is 4.35. The number of carbonyl (C=O) groups is 1. The van der Waals surface area contributed by atoms with E-state index in [9.17, 15) is 4.79 Å². The van der Waals surface area contributed by atoms with Gasteiger partial charge in [-0.3, -0.25) is 10.2 Å². The van der Waals surface area contributed by atoms with Crippen LogP contribution >= 0.6 is 11.6 Å². The Balaban J connectivity index is 1.68. The summed E-state index contributed by atoms with van der Waals surface area (Å²) in [6.07, 6.45) is 3.59. The smallest absolute Gasteiger partial charge is 0.273 e. The van der Waals surface area contributed by atoms with Gasteiger partial charge in [0.05, 0.1) is 12.0 Å². The number of nitrogens with one attached hydrogen (secondary N) is 1. The summed E-state index contributed by atoms with van der Waals surface area (Å²) in [6, 6.07) is 18.4. The Hall–Kier alpha value is -2.98. The van der Waals surface area contributed by atoms with E-state index >= 15 is 0 Å². The van der Waals surface area contributed by atoms with E-state index in [2.05, 4.69) is 5.43 Å². The molecule has 2 heterocycles. The number of halogens is 1. The molecule has 2 aromatic carbocycles. The van der Waals surface area contributed by atoms with Gasteiger partial charge in [-0.05, 0) is 55.0 Å². The van der Waals surface area contributed by atoms with Crippen molar-refractivity contribution < 1.29 is 9.21 Å². The summed E-state index contributed by atoms with van der Waals surface area (Å²) >= 11 is 5.98. The number of carbonyl (C=O) groups excluding carboxylic acids is 1. The average Bonchev–Trinajstić information content (AvgIpc) is 3.32. The molecule has 5 heteroatoms. The fourth-order valence-electron chi connectivity index (χ4n) is 2.94. The maximum absolute atomic E-state index is 13.1. The summed E-state index contributed by atoms with van der Waals surface area (Å²) in [6.45, 7) is 1.99. The lowest BCUT2D eigenvalue weighted by Crippen LogP contribution is -2.39. The molecule has 1 atom stereocenters. The number of rotatable bonds is 3. The van der Waals surface area contributed by atoms with E-state index in [-0.39, 0.29) is 11.9 Å². The topological polar surface area (TPSA) is 45.5 Å². The van der Waals surface area contributed by atoms with Gasteiger partial charge in [0, 0.05) is 10.6 Å². The number of hydrazine groups is 1. The summed E-state index contributed by atoms with van der Waals surface area (Å²) in [5.74, 6) is 0.577. The minimum atomic E-state index is -0.329. The van der Waals surface area contributed by atoms with Gasteiger partial charge in [-0.25, -0.2) is 5.01 Å². The van der Waals surface area contributed by atoms with Crippen LogP contribution in [0, 0.1) is 6.92 Å². The molecule has 4 nitrogen and oxygen atoms in total. The summed E-state index contributed by atoms with van der Waals surface area (Å²) in [7, 11) is 0. The van der Waals surface area contributed by atoms with Crippen molar-refractivity contribution in [3.05, 3.63) is 100 Å². The van der Waals surface area contributed by atoms with Gasteiger partial charge >= 0.3 is 0 Å². The molecule has 0 fully saturated rings. The predicted octanol–water partition coefficient (Wildman–Crippen LogP) is 4.98. The lowest BCUT2D eigenvalue weighted by atomic mass is 10.1. The van der Waals surface area contributed by atoms with Crippen LogP contribution in [-0.4, -0.2) is 10.9 Å². The molecular weight excluding hydrogens is 348 g/mol. The van der Waals surface area contributed by atoms with Gasteiger partial charge in [-0.15, -0.1) is 0 Å². The average molecular weight is 365 g/mol. The fourth-order valence-corrected chi connectivity index (χ4v) is 3.07. The second-order valence-electron chi connectivity index (χ2n) is 6.20. The van der Waals surface area contributed by atoms with Crippen molar-refractivity contribution in [1.29, 1.82) is 0 Å². The zero-order valence-corrected chi connectivity index (χ0v) is 14.9. The van der Waals surface area contributed by atoms with E-state index in [4.69, 9.17) is 16.0 Å². The van der Waals surface area contributed by atoms with Gasteiger partial charge in [0.2, 0.25) is 0 Å². The third-order valence-corrected chi connectivity index (χ3v) is 4.60. The molecule has 1 aliphatic rings. The predicted molar refractivity (Wildman–Crippen MR) is 101 cm³/mol. The zero-order chi connectivity index (χ0) is 18.1. The van der Waals surface area contributed by atoms with Crippen LogP contribution in [-0.2, 0) is 0 Å². The van der Waals surface area contributed by atoms with Crippen molar-refractivity contribution in [2.75, 3.05) is 0 Å². The van der Waals surface area contributed by atoms with E-state index in [1.54, 1.807) is 11.3 Å². The van der Waals surface area contributed by atoms with Gasteiger partial charge in [0.15, 0.2) is 0 Å². The van der Waals surface area contributed by atoms with Gasteiger partial charge in [-0.2, -0.15) is 0 Å². The minimum absolute atomic E-state index is 0.119. The minimum Gasteiger partial charge on any atom is -0.467 e. The van der Waals surface area contributed by atoms with Crippen molar-refractivity contribution in [1.82, 2.24) is 10.4 Å². The second-order valence-corrected chi connectivity index (χ2v) is 6.64. The first-order chi connectivity index (χ1) is 12.6. The highest BCUT2D eigenvalue weighted by Crippen LogP contribution is 2.33. The van der Waals surface area contributed by atoms with E-state index in [0.717, 1.165) is 16.8 Å². The zero-order valence-electron chi connectivity index (χ0n) is 14.1. The molecule has 130 valence electrons. The van der Waals surface area contributed by atoms with Crippen LogP contribution in [0.15, 0.2) is 77.4 Å². The number of hydrogen-bond acceptors (Lipinski definition) is 3. The molecule has 0 bridgehead atoms. The van der Waals surface area contributed by atoms with Crippen LogP contribution in [0.5, 0.6) is 0 Å². The van der Waals surface area contributed by atoms with E-state index in [1.807, 2.05) is 73.7 Å². The summed E-state index contributed by atoms with van der Waals surface area (Å²) < 4.78 is 5.56. The van der Waals surface area contributed by atoms with Crippen molar-refractivity contribution in [3.63, 3.8) is 0 Å². The first kappa shape index (κ1) is 16.5. The molecule has 1 amide bonds. The molecular formula is C21H17ClN2O2. The normalized spacial score (nSPS) is 16.3. The van der Waals surface area contributed by atoms with Gasteiger partial charge < -0.3 is 4.42 Å². The maximum atomic E-state index is 13.1. The number of furan rings is 1. The Bertz CT molecular complexity index is 945. The Morgan fingerprint density at radius 2 is 1.81 bits per heavy atom. The molecule has 1 aliphatic heterocycles. The molecule has 4 rings (SSSR count). The van der Waals surface area contributed by atoms with Crippen LogP contribution in [0.4, 0.5) is 0 Å². The molecule has 26 heavy (non-hydrogen) atoms. The first-order valence-electron chi connectivity index (χ1n) is 8.30. The van der Waals surface area contributed by atoms with Crippen molar-refractivity contribution in [2.45, 2.75) is 13.0 Å². The number of benzene rings is 2. The summed E-state index contributed by atoms with van der Waals surface area (Å²) in [4.78, 5) is 13.1. The van der Waals surface area contributed by atoms with Crippen molar-refractivity contribution >= 4 is 23.2 Å². The summed E-state index contributed by atoms with van der Waals surface area (Å²) in [5.41, 5.74) is 6.73. The quantitative estimate of drug-likeness (QED) is 0.712. The van der Waals surface area contributed by atoms with Crippen LogP contribution in [0.1, 0.15) is 33.3 Å². The molecule has 0 saturated carbocycles. The number of aryl methyl sites for hydroxylation is 1. The van der Waals surface area contributed by atoms with Crippen molar-refractivity contribution in [2.24, 2.45) is 0 Å². The highest BCUT2D eigenvalue weighted by Gasteiger charge is 2.33. The molecule has 0 saturated heterocycles. The van der Waals surface area contributed by atoms with E-state index in [0.29, 0.717) is 16.3 Å². The maximum Gasteiger partial charge on any atom is 0.273 e. The third kappa shape index (κ3) is 3.11. The van der Waals surface area contributed by atoms with Crippen LogP contribution < -0.4 is 5.43 Å². The lowest BCUT2D eigenvalue weighted by molar-refractivity contribution is 0.0655. The Kier molecular flexibility index (Phi) is 4.27. The summed E-state index contributed by atoms with van der Waals surface area (Å²) in [5, 5.41) is 2.26. The SMILES string of the molecule is Cc1ccc(C(=O)N2NC(c3ccc(Cl)cc3)=CC2c2ccco2)cc1. The van der Waals surface area contributed by atoms with Crippen LogP contribution in [0.25, 0.3) is 5.70 Å². The fraction of sp³-hybridized carbons (Fsp3) is 0.0952. The highest BCUT2D eigenvalue weighted by molar-refractivity contribution is 6.30. The number of amides is 1. The van der Waals surface area contributed by atoms with Gasteiger partial charge in [0.1, 0.15) is 11.8 Å². The second kappa shape index (κ2) is 6.73. The van der Waals surface area contributed by atoms with Gasteiger partial charge in [-0.1, -0.05) is 41.4 Å². The molecule has 1 N–H and O–H groups in total. The molecule has 0 spiro atoms. The van der Waals surface area contributed by atoms with Crippen molar-refractivity contribution in [3.8, 4) is 0 Å². The molecule has 1 aromatic heterocycles. The van der Waals surface area contributed by atoms with Crippen LogP contribution in [0.3, 0.4) is 0 Å². The number of nitrogens with zero attached hydrogens (tertiary/aromatic N) is 1. The molecule has 0 radical (unpaired) electrons. The molecule has 3 aromatic rings. The van der Waals surface area contributed by atoms with Crippen LogP contribution in [0.2, 0.25) is 5.02 Å². The Morgan fingerprint density at radius 1 is 1.08 bits per heavy atom.